The average Bonchev–Trinajstić information content (AvgIpc) is 2.46. The Morgan fingerprint density at radius 2 is 2.10 bits per heavy atom. The molecule has 0 amide bonds. The zero-order chi connectivity index (χ0) is 14.5. The number of nitrogens with one attached hydrogen (secondary N) is 1. The zero-order valence-corrected chi connectivity index (χ0v) is 13.1. The molecule has 0 spiro atoms. The molecule has 2 aromatic rings. The van der Waals surface area contributed by atoms with Crippen LogP contribution in [0.3, 0.4) is 0 Å². The molecule has 0 unspecified atom stereocenters. The molecular weight excluding hydrogens is 340 g/mol. The molecule has 2 aromatic carbocycles. The highest BCUT2D eigenvalue weighted by Crippen LogP contribution is 2.27. The van der Waals surface area contributed by atoms with Gasteiger partial charge < -0.3 is 10.1 Å². The summed E-state index contributed by atoms with van der Waals surface area (Å²) in [6.07, 6.45) is 0. The van der Waals surface area contributed by atoms with Gasteiger partial charge in [-0.3, -0.25) is 0 Å². The molecule has 3 nitrogen and oxygen atoms in total. The Hall–Kier alpha value is -1.70. The van der Waals surface area contributed by atoms with Crippen LogP contribution in [0.1, 0.15) is 11.1 Å². The lowest BCUT2D eigenvalue weighted by atomic mass is 10.1. The minimum absolute atomic E-state index is 0.554. The van der Waals surface area contributed by atoms with Gasteiger partial charge in [-0.1, -0.05) is 11.6 Å². The summed E-state index contributed by atoms with van der Waals surface area (Å²) in [6.45, 7) is 0.554. The van der Waals surface area contributed by atoms with Crippen LogP contribution in [-0.2, 0) is 6.54 Å². The Morgan fingerprint density at radius 1 is 1.30 bits per heavy atom. The highest BCUT2D eigenvalue weighted by molar-refractivity contribution is 9.10. The van der Waals surface area contributed by atoms with E-state index in [1.165, 1.54) is 0 Å². The van der Waals surface area contributed by atoms with E-state index >= 15 is 0 Å². The molecule has 0 aliphatic carbocycles. The van der Waals surface area contributed by atoms with Crippen molar-refractivity contribution in [3.8, 4) is 11.8 Å². The number of anilines is 1. The van der Waals surface area contributed by atoms with Crippen molar-refractivity contribution in [1.82, 2.24) is 0 Å². The van der Waals surface area contributed by atoms with Crippen molar-refractivity contribution in [3.63, 3.8) is 0 Å². The predicted octanol–water partition coefficient (Wildman–Crippen LogP) is 4.59. The average molecular weight is 352 g/mol. The van der Waals surface area contributed by atoms with Crippen molar-refractivity contribution < 1.29 is 4.74 Å². The first-order valence-electron chi connectivity index (χ1n) is 5.90. The zero-order valence-electron chi connectivity index (χ0n) is 10.8. The number of nitrogens with zero attached hydrogens (tertiary/aromatic N) is 1. The van der Waals surface area contributed by atoms with Crippen molar-refractivity contribution in [3.05, 3.63) is 57.0 Å². The Morgan fingerprint density at radius 3 is 2.75 bits per heavy atom. The van der Waals surface area contributed by atoms with Gasteiger partial charge in [-0.15, -0.1) is 0 Å². The van der Waals surface area contributed by atoms with E-state index < -0.39 is 0 Å². The summed E-state index contributed by atoms with van der Waals surface area (Å²) in [5.74, 6) is 0.751. The number of methoxy groups -OCH3 is 1. The van der Waals surface area contributed by atoms with Crippen LogP contribution in [0.15, 0.2) is 40.9 Å². The van der Waals surface area contributed by atoms with E-state index in [1.807, 2.05) is 24.3 Å². The molecule has 0 radical (unpaired) electrons. The van der Waals surface area contributed by atoms with Crippen LogP contribution in [0.4, 0.5) is 5.69 Å². The maximum atomic E-state index is 8.95. The number of ether oxygens (including phenoxy) is 1. The summed E-state index contributed by atoms with van der Waals surface area (Å²) in [4.78, 5) is 0. The number of halogens is 2. The van der Waals surface area contributed by atoms with Gasteiger partial charge in [0.2, 0.25) is 0 Å². The summed E-state index contributed by atoms with van der Waals surface area (Å²) < 4.78 is 6.19. The van der Waals surface area contributed by atoms with Gasteiger partial charge in [0.25, 0.3) is 0 Å². The summed E-state index contributed by atoms with van der Waals surface area (Å²) in [5, 5.41) is 12.9. The SMILES string of the molecule is COc1ccc(C#N)cc1CNc1ccc(Cl)cc1Br. The van der Waals surface area contributed by atoms with Crippen molar-refractivity contribution >= 4 is 33.2 Å². The second-order valence-corrected chi connectivity index (χ2v) is 5.41. The molecule has 0 saturated carbocycles. The van der Waals surface area contributed by atoms with E-state index in [1.54, 1.807) is 19.2 Å². The van der Waals surface area contributed by atoms with E-state index in [-0.39, 0.29) is 0 Å². The molecule has 0 aliphatic heterocycles. The van der Waals surface area contributed by atoms with Gasteiger partial charge in [-0.05, 0) is 52.3 Å². The van der Waals surface area contributed by atoms with Crippen LogP contribution in [0, 0.1) is 11.3 Å². The van der Waals surface area contributed by atoms with Gasteiger partial charge >= 0.3 is 0 Å². The minimum atomic E-state index is 0.554. The molecule has 20 heavy (non-hydrogen) atoms. The van der Waals surface area contributed by atoms with Gasteiger partial charge in [0.05, 0.1) is 18.7 Å². The lowest BCUT2D eigenvalue weighted by molar-refractivity contribution is 0.410. The lowest BCUT2D eigenvalue weighted by Gasteiger charge is -2.12. The first-order chi connectivity index (χ1) is 9.63. The van der Waals surface area contributed by atoms with Crippen LogP contribution in [0.25, 0.3) is 0 Å². The Balaban J connectivity index is 2.20. The summed E-state index contributed by atoms with van der Waals surface area (Å²) >= 11 is 9.36. The molecule has 0 saturated heterocycles. The fourth-order valence-corrected chi connectivity index (χ4v) is 2.63. The second-order valence-electron chi connectivity index (χ2n) is 4.12. The van der Waals surface area contributed by atoms with E-state index in [0.29, 0.717) is 17.1 Å². The van der Waals surface area contributed by atoms with E-state index in [9.17, 15) is 0 Å². The molecule has 102 valence electrons. The molecule has 0 heterocycles. The van der Waals surface area contributed by atoms with Gasteiger partial charge in [-0.25, -0.2) is 0 Å². The Kier molecular flexibility index (Phi) is 4.89. The van der Waals surface area contributed by atoms with Crippen molar-refractivity contribution in [2.45, 2.75) is 6.54 Å². The maximum absolute atomic E-state index is 8.95. The second kappa shape index (κ2) is 6.65. The van der Waals surface area contributed by atoms with Gasteiger partial charge in [0.1, 0.15) is 5.75 Å². The largest absolute Gasteiger partial charge is 0.496 e. The van der Waals surface area contributed by atoms with Gasteiger partial charge in [0.15, 0.2) is 0 Å². The molecule has 0 aromatic heterocycles. The number of benzene rings is 2. The first-order valence-corrected chi connectivity index (χ1v) is 7.07. The lowest BCUT2D eigenvalue weighted by Crippen LogP contribution is -2.02. The van der Waals surface area contributed by atoms with Crippen LogP contribution in [0.5, 0.6) is 5.75 Å². The molecule has 0 aliphatic rings. The van der Waals surface area contributed by atoms with Gasteiger partial charge in [0, 0.05) is 27.3 Å². The van der Waals surface area contributed by atoms with Crippen molar-refractivity contribution in [2.24, 2.45) is 0 Å². The Bertz CT molecular complexity index is 667. The number of rotatable bonds is 4. The van der Waals surface area contributed by atoms with Crippen LogP contribution < -0.4 is 10.1 Å². The number of nitriles is 1. The first kappa shape index (κ1) is 14.7. The van der Waals surface area contributed by atoms with Crippen molar-refractivity contribution in [2.75, 3.05) is 12.4 Å². The molecule has 2 rings (SSSR count). The highest BCUT2D eigenvalue weighted by atomic mass is 79.9. The molecule has 0 fully saturated rings. The molecule has 0 atom stereocenters. The third kappa shape index (κ3) is 3.44. The monoisotopic (exact) mass is 350 g/mol. The quantitative estimate of drug-likeness (QED) is 0.876. The standard InChI is InChI=1S/C15H12BrClN2O/c1-20-15-5-2-10(8-18)6-11(15)9-19-14-4-3-12(17)7-13(14)16/h2-7,19H,9H2,1H3. The smallest absolute Gasteiger partial charge is 0.123 e. The molecule has 1 N–H and O–H groups in total. The van der Waals surface area contributed by atoms with Crippen LogP contribution >= 0.6 is 27.5 Å². The minimum Gasteiger partial charge on any atom is -0.496 e. The normalized spacial score (nSPS) is 9.90. The summed E-state index contributed by atoms with van der Waals surface area (Å²) in [6, 6.07) is 13.0. The summed E-state index contributed by atoms with van der Waals surface area (Å²) in [5.41, 5.74) is 2.46. The van der Waals surface area contributed by atoms with Crippen LogP contribution in [-0.4, -0.2) is 7.11 Å². The van der Waals surface area contributed by atoms with E-state index in [2.05, 4.69) is 27.3 Å². The maximum Gasteiger partial charge on any atom is 0.123 e. The van der Waals surface area contributed by atoms with Crippen LogP contribution in [0.2, 0.25) is 5.02 Å². The fourth-order valence-electron chi connectivity index (χ4n) is 1.81. The van der Waals surface area contributed by atoms with E-state index in [0.717, 1.165) is 21.5 Å². The van der Waals surface area contributed by atoms with E-state index in [4.69, 9.17) is 21.6 Å². The number of hydrogen-bond acceptors (Lipinski definition) is 3. The predicted molar refractivity (Wildman–Crippen MR) is 84.2 cm³/mol. The van der Waals surface area contributed by atoms with Gasteiger partial charge in [-0.2, -0.15) is 5.26 Å². The molecule has 5 heteroatoms. The molecular formula is C15H12BrClN2O. The molecule has 0 bridgehead atoms. The Labute approximate surface area is 131 Å². The number of hydrogen-bond donors (Lipinski definition) is 1. The highest BCUT2D eigenvalue weighted by Gasteiger charge is 2.06. The summed E-state index contributed by atoms with van der Waals surface area (Å²) in [7, 11) is 1.61. The third-order valence-electron chi connectivity index (χ3n) is 2.81. The van der Waals surface area contributed by atoms with Crippen molar-refractivity contribution in [1.29, 1.82) is 5.26 Å². The third-order valence-corrected chi connectivity index (χ3v) is 3.70. The topological polar surface area (TPSA) is 45.0 Å². The fraction of sp³-hybridized carbons (Fsp3) is 0.133.